The van der Waals surface area contributed by atoms with Gasteiger partial charge in [0.15, 0.2) is 0 Å². The molecule has 0 aliphatic carbocycles. The van der Waals surface area contributed by atoms with Crippen LogP contribution in [0.25, 0.3) is 0 Å². The Bertz CT molecular complexity index is 689. The number of nitrogens with one attached hydrogen (secondary N) is 1. The predicted molar refractivity (Wildman–Crippen MR) is 99.7 cm³/mol. The lowest BCUT2D eigenvalue weighted by Crippen LogP contribution is -2.44. The Labute approximate surface area is 154 Å². The van der Waals surface area contributed by atoms with E-state index in [1.807, 2.05) is 20.8 Å². The van der Waals surface area contributed by atoms with Crippen LogP contribution < -0.4 is 5.32 Å². The van der Waals surface area contributed by atoms with Crippen LogP contribution in [0.15, 0.2) is 36.9 Å². The van der Waals surface area contributed by atoms with E-state index in [1.165, 1.54) is 6.08 Å². The number of anilines is 1. The second kappa shape index (κ2) is 8.17. The predicted octanol–water partition coefficient (Wildman–Crippen LogP) is 3.01. The van der Waals surface area contributed by atoms with E-state index in [0.717, 1.165) is 12.8 Å². The number of amides is 2. The normalized spacial score (nSPS) is 17.3. The number of ether oxygens (including phenoxy) is 1. The van der Waals surface area contributed by atoms with Crippen LogP contribution in [-0.2, 0) is 14.3 Å². The molecule has 1 aliphatic rings. The van der Waals surface area contributed by atoms with Gasteiger partial charge in [-0.15, -0.1) is 0 Å². The average molecular weight is 358 g/mol. The molecule has 140 valence electrons. The highest BCUT2D eigenvalue weighted by Gasteiger charge is 2.31. The first kappa shape index (κ1) is 19.7. The van der Waals surface area contributed by atoms with E-state index in [2.05, 4.69) is 11.9 Å². The van der Waals surface area contributed by atoms with Gasteiger partial charge in [-0.05, 0) is 64.0 Å². The van der Waals surface area contributed by atoms with Gasteiger partial charge in [-0.25, -0.2) is 0 Å². The number of carbonyl (C=O) groups excluding carboxylic acids is 3. The standard InChI is InChI=1S/C20H26N2O4/c1-5-17(23)21-16-10-8-14(9-11-16)18(24)22-12-6-7-15(13-22)19(25)26-20(2,3)4/h5,8-11,15H,1,6-7,12-13H2,2-4H3,(H,21,23). The summed E-state index contributed by atoms with van der Waals surface area (Å²) in [6, 6.07) is 6.67. The number of nitrogens with zero attached hydrogens (tertiary/aromatic N) is 1. The van der Waals surface area contributed by atoms with Gasteiger partial charge in [-0.3, -0.25) is 14.4 Å². The van der Waals surface area contributed by atoms with Crippen LogP contribution in [0, 0.1) is 5.92 Å². The Hall–Kier alpha value is -2.63. The largest absolute Gasteiger partial charge is 0.460 e. The Balaban J connectivity index is 2.01. The number of likely N-dealkylation sites (tertiary alicyclic amines) is 1. The van der Waals surface area contributed by atoms with Crippen molar-refractivity contribution in [2.45, 2.75) is 39.2 Å². The first-order chi connectivity index (χ1) is 12.2. The number of hydrogen-bond donors (Lipinski definition) is 1. The summed E-state index contributed by atoms with van der Waals surface area (Å²) >= 11 is 0. The molecule has 6 nitrogen and oxygen atoms in total. The van der Waals surface area contributed by atoms with Crippen molar-refractivity contribution in [3.8, 4) is 0 Å². The SMILES string of the molecule is C=CC(=O)Nc1ccc(C(=O)N2CCCC(C(=O)OC(C)(C)C)C2)cc1. The third-order valence-electron chi connectivity index (χ3n) is 4.03. The maximum absolute atomic E-state index is 12.7. The summed E-state index contributed by atoms with van der Waals surface area (Å²) in [4.78, 5) is 38.0. The minimum absolute atomic E-state index is 0.125. The van der Waals surface area contributed by atoms with Crippen LogP contribution in [0.1, 0.15) is 44.0 Å². The zero-order chi connectivity index (χ0) is 19.3. The molecule has 1 N–H and O–H groups in total. The summed E-state index contributed by atoms with van der Waals surface area (Å²) in [5.41, 5.74) is 0.581. The molecule has 1 atom stereocenters. The molecular weight excluding hydrogens is 332 g/mol. The maximum atomic E-state index is 12.7. The van der Waals surface area contributed by atoms with Crippen molar-refractivity contribution in [3.05, 3.63) is 42.5 Å². The quantitative estimate of drug-likeness (QED) is 0.663. The third kappa shape index (κ3) is 5.44. The molecule has 1 fully saturated rings. The first-order valence-electron chi connectivity index (χ1n) is 8.75. The highest BCUT2D eigenvalue weighted by molar-refractivity contribution is 5.99. The third-order valence-corrected chi connectivity index (χ3v) is 4.03. The Kier molecular flexibility index (Phi) is 6.18. The molecule has 0 spiro atoms. The van der Waals surface area contributed by atoms with Crippen LogP contribution >= 0.6 is 0 Å². The van der Waals surface area contributed by atoms with E-state index in [9.17, 15) is 14.4 Å². The van der Waals surface area contributed by atoms with Gasteiger partial charge in [0.1, 0.15) is 5.60 Å². The van der Waals surface area contributed by atoms with Gasteiger partial charge >= 0.3 is 5.97 Å². The van der Waals surface area contributed by atoms with E-state index >= 15 is 0 Å². The monoisotopic (exact) mass is 358 g/mol. The molecule has 0 aromatic heterocycles. The summed E-state index contributed by atoms with van der Waals surface area (Å²) in [7, 11) is 0. The lowest BCUT2D eigenvalue weighted by atomic mass is 9.97. The lowest BCUT2D eigenvalue weighted by Gasteiger charge is -2.33. The van der Waals surface area contributed by atoms with Crippen LogP contribution in [-0.4, -0.2) is 41.4 Å². The van der Waals surface area contributed by atoms with Crippen molar-refractivity contribution in [3.63, 3.8) is 0 Å². The molecule has 26 heavy (non-hydrogen) atoms. The molecule has 1 aromatic carbocycles. The van der Waals surface area contributed by atoms with Crippen molar-refractivity contribution < 1.29 is 19.1 Å². The summed E-state index contributed by atoms with van der Waals surface area (Å²) in [5.74, 6) is -0.976. The number of benzene rings is 1. The molecule has 6 heteroatoms. The molecule has 1 saturated heterocycles. The van der Waals surface area contributed by atoms with E-state index in [4.69, 9.17) is 4.74 Å². The molecule has 1 aromatic rings. The second-order valence-corrected chi connectivity index (χ2v) is 7.39. The fourth-order valence-corrected chi connectivity index (χ4v) is 2.81. The van der Waals surface area contributed by atoms with E-state index < -0.39 is 5.60 Å². The van der Waals surface area contributed by atoms with E-state index in [-0.39, 0.29) is 23.7 Å². The Morgan fingerprint density at radius 3 is 2.46 bits per heavy atom. The van der Waals surface area contributed by atoms with Gasteiger partial charge in [0.25, 0.3) is 5.91 Å². The highest BCUT2D eigenvalue weighted by atomic mass is 16.6. The zero-order valence-electron chi connectivity index (χ0n) is 15.6. The average Bonchev–Trinajstić information content (AvgIpc) is 2.60. The molecule has 0 bridgehead atoms. The Morgan fingerprint density at radius 2 is 1.88 bits per heavy atom. The minimum atomic E-state index is -0.533. The van der Waals surface area contributed by atoms with Crippen LogP contribution in [0.5, 0.6) is 0 Å². The smallest absolute Gasteiger partial charge is 0.311 e. The molecule has 2 rings (SSSR count). The lowest BCUT2D eigenvalue weighted by molar-refractivity contribution is -0.161. The van der Waals surface area contributed by atoms with Crippen LogP contribution in [0.4, 0.5) is 5.69 Å². The first-order valence-corrected chi connectivity index (χ1v) is 8.75. The topological polar surface area (TPSA) is 75.7 Å². The number of rotatable bonds is 4. The van der Waals surface area contributed by atoms with Gasteiger partial charge in [-0.1, -0.05) is 6.58 Å². The molecule has 0 saturated carbocycles. The second-order valence-electron chi connectivity index (χ2n) is 7.39. The van der Waals surface area contributed by atoms with E-state index in [0.29, 0.717) is 24.3 Å². The summed E-state index contributed by atoms with van der Waals surface area (Å²) < 4.78 is 5.45. The fraction of sp³-hybridized carbons (Fsp3) is 0.450. The van der Waals surface area contributed by atoms with Gasteiger partial charge in [0.2, 0.25) is 5.91 Å². The number of piperidine rings is 1. The van der Waals surface area contributed by atoms with Crippen molar-refractivity contribution in [1.82, 2.24) is 4.90 Å². The molecular formula is C20H26N2O4. The molecule has 1 unspecified atom stereocenters. The van der Waals surface area contributed by atoms with Gasteiger partial charge in [0.05, 0.1) is 5.92 Å². The number of esters is 1. The van der Waals surface area contributed by atoms with Crippen molar-refractivity contribution >= 4 is 23.5 Å². The number of carbonyl (C=O) groups is 3. The van der Waals surface area contributed by atoms with Crippen molar-refractivity contribution in [2.24, 2.45) is 5.92 Å². The maximum Gasteiger partial charge on any atom is 0.311 e. The summed E-state index contributed by atoms with van der Waals surface area (Å²) in [6.07, 6.45) is 2.68. The van der Waals surface area contributed by atoms with Crippen molar-refractivity contribution in [2.75, 3.05) is 18.4 Å². The molecule has 1 aliphatic heterocycles. The molecule has 1 heterocycles. The van der Waals surface area contributed by atoms with Crippen molar-refractivity contribution in [1.29, 1.82) is 0 Å². The summed E-state index contributed by atoms with van der Waals surface area (Å²) in [6.45, 7) is 9.89. The zero-order valence-corrected chi connectivity index (χ0v) is 15.6. The molecule has 2 amide bonds. The van der Waals surface area contributed by atoms with Crippen LogP contribution in [0.3, 0.4) is 0 Å². The van der Waals surface area contributed by atoms with Gasteiger partial charge in [0, 0.05) is 24.3 Å². The number of hydrogen-bond acceptors (Lipinski definition) is 4. The van der Waals surface area contributed by atoms with Gasteiger partial charge in [-0.2, -0.15) is 0 Å². The fourth-order valence-electron chi connectivity index (χ4n) is 2.81. The van der Waals surface area contributed by atoms with E-state index in [1.54, 1.807) is 29.2 Å². The molecule has 0 radical (unpaired) electrons. The van der Waals surface area contributed by atoms with Crippen LogP contribution in [0.2, 0.25) is 0 Å². The minimum Gasteiger partial charge on any atom is -0.460 e. The summed E-state index contributed by atoms with van der Waals surface area (Å²) in [5, 5.41) is 2.64. The Morgan fingerprint density at radius 1 is 1.23 bits per heavy atom. The van der Waals surface area contributed by atoms with Gasteiger partial charge < -0.3 is 15.0 Å². The highest BCUT2D eigenvalue weighted by Crippen LogP contribution is 2.22.